The normalized spacial score (nSPS) is 20.2. The third kappa shape index (κ3) is 2.77. The third-order valence-corrected chi connectivity index (χ3v) is 5.64. The second kappa shape index (κ2) is 5.50. The van der Waals surface area contributed by atoms with Crippen LogP contribution >= 0.6 is 23.2 Å². The molecule has 20 heavy (non-hydrogen) atoms. The summed E-state index contributed by atoms with van der Waals surface area (Å²) in [5.41, 5.74) is -0.339. The molecule has 2 N–H and O–H groups in total. The van der Waals surface area contributed by atoms with Gasteiger partial charge in [-0.2, -0.15) is 4.31 Å². The molecule has 1 aliphatic rings. The first kappa shape index (κ1) is 15.5. The highest BCUT2D eigenvalue weighted by Gasteiger charge is 2.33. The van der Waals surface area contributed by atoms with Crippen LogP contribution in [0.1, 0.15) is 16.8 Å². The molecule has 9 heteroatoms. The maximum atomic E-state index is 12.4. The van der Waals surface area contributed by atoms with Crippen LogP contribution in [0.2, 0.25) is 10.0 Å². The van der Waals surface area contributed by atoms with E-state index < -0.39 is 22.1 Å². The Balaban J connectivity index is 2.51. The number of β-amino-alcohol motifs (C(OH)–C–C–N with tert-alkyl or cyclic N) is 1. The number of benzene rings is 1. The van der Waals surface area contributed by atoms with Crippen LogP contribution in [0.4, 0.5) is 0 Å². The van der Waals surface area contributed by atoms with Gasteiger partial charge in [0.05, 0.1) is 21.7 Å². The highest BCUT2D eigenvalue weighted by Crippen LogP contribution is 2.31. The number of hydrogen-bond donors (Lipinski definition) is 2. The number of carboxylic acid groups (broad SMARTS) is 1. The molecule has 1 fully saturated rings. The van der Waals surface area contributed by atoms with E-state index in [9.17, 15) is 18.3 Å². The van der Waals surface area contributed by atoms with E-state index in [4.69, 9.17) is 28.3 Å². The first-order chi connectivity index (χ1) is 9.23. The molecule has 0 saturated carbocycles. The summed E-state index contributed by atoms with van der Waals surface area (Å²) in [4.78, 5) is 10.7. The van der Waals surface area contributed by atoms with Crippen molar-refractivity contribution in [3.05, 3.63) is 27.7 Å². The first-order valence-corrected chi connectivity index (χ1v) is 7.83. The number of rotatable bonds is 3. The number of hydrogen-bond acceptors (Lipinski definition) is 4. The van der Waals surface area contributed by atoms with Crippen molar-refractivity contribution < 1.29 is 23.4 Å². The summed E-state index contributed by atoms with van der Waals surface area (Å²) in [5.74, 6) is -1.34. The Labute approximate surface area is 125 Å². The number of aliphatic hydroxyl groups is 1. The van der Waals surface area contributed by atoms with Crippen LogP contribution < -0.4 is 0 Å². The number of aromatic carboxylic acids is 1. The van der Waals surface area contributed by atoms with Crippen molar-refractivity contribution in [2.75, 3.05) is 13.1 Å². The minimum atomic E-state index is -3.96. The number of aliphatic hydroxyl groups excluding tert-OH is 1. The lowest BCUT2D eigenvalue weighted by Crippen LogP contribution is -2.30. The molecule has 2 rings (SSSR count). The second-order valence-electron chi connectivity index (χ2n) is 4.37. The molecule has 0 spiro atoms. The van der Waals surface area contributed by atoms with Crippen molar-refractivity contribution >= 4 is 39.2 Å². The van der Waals surface area contributed by atoms with Gasteiger partial charge in [0.1, 0.15) is 4.90 Å². The SMILES string of the molecule is O=C(O)c1cc(S(=O)(=O)N2CC[C@@H](O)C2)c(Cl)cc1Cl. The quantitative estimate of drug-likeness (QED) is 0.868. The Hall–Kier alpha value is -0.860. The lowest BCUT2D eigenvalue weighted by molar-refractivity contribution is 0.0697. The van der Waals surface area contributed by atoms with E-state index in [2.05, 4.69) is 0 Å². The molecule has 1 aliphatic heterocycles. The fraction of sp³-hybridized carbons (Fsp3) is 0.364. The molecule has 1 saturated heterocycles. The van der Waals surface area contributed by atoms with Crippen molar-refractivity contribution in [1.82, 2.24) is 4.31 Å². The van der Waals surface area contributed by atoms with Gasteiger partial charge in [-0.3, -0.25) is 0 Å². The standard InChI is InChI=1S/C11H11Cl2NO5S/c12-8-4-9(13)10(3-7(8)11(16)17)20(18,19)14-2-1-6(15)5-14/h3-4,6,15H,1-2,5H2,(H,16,17)/t6-/m1/s1. The van der Waals surface area contributed by atoms with E-state index in [1.807, 2.05) is 0 Å². The average molecular weight is 340 g/mol. The summed E-state index contributed by atoms with van der Waals surface area (Å²) in [6.45, 7) is 0.120. The zero-order valence-electron chi connectivity index (χ0n) is 10.1. The molecule has 0 aromatic heterocycles. The Morgan fingerprint density at radius 1 is 1.30 bits per heavy atom. The number of sulfonamides is 1. The number of halogens is 2. The molecule has 0 aliphatic carbocycles. The zero-order chi connectivity index (χ0) is 15.1. The van der Waals surface area contributed by atoms with E-state index >= 15 is 0 Å². The van der Waals surface area contributed by atoms with Gasteiger partial charge in [-0.1, -0.05) is 23.2 Å². The monoisotopic (exact) mass is 339 g/mol. The van der Waals surface area contributed by atoms with Crippen LogP contribution in [0.3, 0.4) is 0 Å². The fourth-order valence-electron chi connectivity index (χ4n) is 1.96. The molecule has 110 valence electrons. The van der Waals surface area contributed by atoms with Gasteiger partial charge >= 0.3 is 5.97 Å². The summed E-state index contributed by atoms with van der Waals surface area (Å²) in [5, 5.41) is 18.1. The Morgan fingerprint density at radius 2 is 1.95 bits per heavy atom. The van der Waals surface area contributed by atoms with E-state index in [1.54, 1.807) is 0 Å². The van der Waals surface area contributed by atoms with Gasteiger partial charge in [0.25, 0.3) is 0 Å². The van der Waals surface area contributed by atoms with Gasteiger partial charge < -0.3 is 10.2 Å². The van der Waals surface area contributed by atoms with Crippen LogP contribution in [0.25, 0.3) is 0 Å². The van der Waals surface area contributed by atoms with Crippen molar-refractivity contribution in [2.45, 2.75) is 17.4 Å². The summed E-state index contributed by atoms with van der Waals surface area (Å²) in [6.07, 6.45) is -0.397. The summed E-state index contributed by atoms with van der Waals surface area (Å²) in [7, 11) is -3.96. The largest absolute Gasteiger partial charge is 0.478 e. The van der Waals surface area contributed by atoms with E-state index in [1.165, 1.54) is 0 Å². The summed E-state index contributed by atoms with van der Waals surface area (Å²) < 4.78 is 25.8. The first-order valence-electron chi connectivity index (χ1n) is 5.64. The minimum absolute atomic E-state index is 0.0380. The Bertz CT molecular complexity index is 661. The van der Waals surface area contributed by atoms with Gasteiger partial charge in [-0.15, -0.1) is 0 Å². The van der Waals surface area contributed by atoms with Gasteiger partial charge in [-0.05, 0) is 18.6 Å². The number of carboxylic acids is 1. The number of carbonyl (C=O) groups is 1. The molecule has 1 atom stereocenters. The lowest BCUT2D eigenvalue weighted by atomic mass is 10.2. The van der Waals surface area contributed by atoms with Crippen LogP contribution in [0, 0.1) is 0 Å². The van der Waals surface area contributed by atoms with Crippen molar-refractivity contribution in [3.8, 4) is 0 Å². The molecule has 6 nitrogen and oxygen atoms in total. The van der Waals surface area contributed by atoms with Gasteiger partial charge in [0.2, 0.25) is 10.0 Å². The van der Waals surface area contributed by atoms with Crippen molar-refractivity contribution in [2.24, 2.45) is 0 Å². The predicted molar refractivity (Wildman–Crippen MR) is 72.8 cm³/mol. The van der Waals surface area contributed by atoms with Crippen LogP contribution in [0.15, 0.2) is 17.0 Å². The highest BCUT2D eigenvalue weighted by molar-refractivity contribution is 7.89. The molecule has 0 radical (unpaired) electrons. The predicted octanol–water partition coefficient (Wildman–Crippen LogP) is 1.45. The topological polar surface area (TPSA) is 94.9 Å². The Morgan fingerprint density at radius 3 is 2.45 bits per heavy atom. The van der Waals surface area contributed by atoms with Crippen LogP contribution in [0.5, 0.6) is 0 Å². The fourth-order valence-corrected chi connectivity index (χ4v) is 4.28. The van der Waals surface area contributed by atoms with E-state index in [0.29, 0.717) is 6.42 Å². The number of nitrogens with zero attached hydrogens (tertiary/aromatic N) is 1. The molecule has 1 aromatic carbocycles. The second-order valence-corrected chi connectivity index (χ2v) is 7.09. The van der Waals surface area contributed by atoms with Crippen LogP contribution in [-0.2, 0) is 10.0 Å². The molecule has 0 unspecified atom stereocenters. The van der Waals surface area contributed by atoms with Gasteiger partial charge in [0, 0.05) is 13.1 Å². The minimum Gasteiger partial charge on any atom is -0.478 e. The zero-order valence-corrected chi connectivity index (χ0v) is 12.4. The van der Waals surface area contributed by atoms with Crippen LogP contribution in [-0.4, -0.2) is 48.1 Å². The van der Waals surface area contributed by atoms with Crippen molar-refractivity contribution in [3.63, 3.8) is 0 Å². The molecular formula is C11H11Cl2NO5S. The van der Waals surface area contributed by atoms with Crippen molar-refractivity contribution in [1.29, 1.82) is 0 Å². The average Bonchev–Trinajstić information content (AvgIpc) is 2.75. The smallest absolute Gasteiger partial charge is 0.337 e. The molecule has 1 heterocycles. The Kier molecular flexibility index (Phi) is 4.27. The molecule has 1 aromatic rings. The van der Waals surface area contributed by atoms with E-state index in [-0.39, 0.29) is 33.6 Å². The summed E-state index contributed by atoms with van der Waals surface area (Å²) >= 11 is 11.6. The van der Waals surface area contributed by atoms with Gasteiger partial charge in [-0.25, -0.2) is 13.2 Å². The maximum absolute atomic E-state index is 12.4. The van der Waals surface area contributed by atoms with Gasteiger partial charge in [0.15, 0.2) is 0 Å². The maximum Gasteiger partial charge on any atom is 0.337 e. The third-order valence-electron chi connectivity index (χ3n) is 3.00. The highest BCUT2D eigenvalue weighted by atomic mass is 35.5. The lowest BCUT2D eigenvalue weighted by Gasteiger charge is -2.17. The molecule has 0 amide bonds. The molecule has 0 bridgehead atoms. The molecular weight excluding hydrogens is 329 g/mol. The van der Waals surface area contributed by atoms with E-state index in [0.717, 1.165) is 16.4 Å². The summed E-state index contributed by atoms with van der Waals surface area (Å²) in [6, 6.07) is 2.03.